The van der Waals surface area contributed by atoms with Gasteiger partial charge in [-0.05, 0) is 69.0 Å². The van der Waals surface area contributed by atoms with E-state index in [9.17, 15) is 9.59 Å². The molecule has 0 spiro atoms. The van der Waals surface area contributed by atoms with Crippen molar-refractivity contribution in [1.29, 1.82) is 0 Å². The van der Waals surface area contributed by atoms with Crippen molar-refractivity contribution in [3.63, 3.8) is 0 Å². The van der Waals surface area contributed by atoms with Gasteiger partial charge in [0.1, 0.15) is 5.58 Å². The van der Waals surface area contributed by atoms with Gasteiger partial charge >= 0.3 is 5.63 Å². The Kier molecular flexibility index (Phi) is 4.71. The quantitative estimate of drug-likeness (QED) is 0.880. The summed E-state index contributed by atoms with van der Waals surface area (Å²) in [7, 11) is 0. The lowest BCUT2D eigenvalue weighted by Crippen LogP contribution is -2.38. The topological polar surface area (TPSA) is 62.6 Å². The van der Waals surface area contributed by atoms with Gasteiger partial charge < -0.3 is 9.73 Å². The van der Waals surface area contributed by atoms with Gasteiger partial charge in [0.25, 0.3) is 0 Å². The van der Waals surface area contributed by atoms with Gasteiger partial charge in [0.05, 0.1) is 6.54 Å². The van der Waals surface area contributed by atoms with E-state index in [1.807, 2.05) is 26.0 Å². The SMILES string of the molecule is Cc1cc2oc(=O)cc(C)c2cc1NC(=O)CN1CCC(C)CC1. The highest BCUT2D eigenvalue weighted by Gasteiger charge is 2.18. The third kappa shape index (κ3) is 3.67. The van der Waals surface area contributed by atoms with Crippen LogP contribution in [0.1, 0.15) is 30.9 Å². The van der Waals surface area contributed by atoms with Gasteiger partial charge in [0.2, 0.25) is 5.91 Å². The van der Waals surface area contributed by atoms with Crippen molar-refractivity contribution in [3.8, 4) is 0 Å². The van der Waals surface area contributed by atoms with Crippen LogP contribution in [0.2, 0.25) is 0 Å². The van der Waals surface area contributed by atoms with Gasteiger partial charge in [-0.15, -0.1) is 0 Å². The highest BCUT2D eigenvalue weighted by atomic mass is 16.4. The number of benzene rings is 1. The number of fused-ring (bicyclic) bond motifs is 1. The molecule has 1 N–H and O–H groups in total. The summed E-state index contributed by atoms with van der Waals surface area (Å²) in [6.07, 6.45) is 2.31. The minimum Gasteiger partial charge on any atom is -0.423 e. The van der Waals surface area contributed by atoms with Crippen LogP contribution in [0.25, 0.3) is 11.0 Å². The molecule has 128 valence electrons. The molecule has 0 aliphatic carbocycles. The van der Waals surface area contributed by atoms with Gasteiger partial charge in [0.15, 0.2) is 0 Å². The molecule has 1 amide bonds. The van der Waals surface area contributed by atoms with Gasteiger partial charge in [-0.25, -0.2) is 4.79 Å². The third-order valence-electron chi connectivity index (χ3n) is 4.81. The minimum atomic E-state index is -0.351. The maximum atomic E-state index is 12.4. The maximum Gasteiger partial charge on any atom is 0.336 e. The number of amides is 1. The van der Waals surface area contributed by atoms with Gasteiger partial charge in [-0.2, -0.15) is 0 Å². The van der Waals surface area contributed by atoms with Crippen LogP contribution in [0.15, 0.2) is 27.4 Å². The predicted octanol–water partition coefficient (Wildman–Crippen LogP) is 3.08. The molecule has 1 saturated heterocycles. The first-order valence-electron chi connectivity index (χ1n) is 8.49. The highest BCUT2D eigenvalue weighted by molar-refractivity contribution is 5.96. The fourth-order valence-electron chi connectivity index (χ4n) is 3.21. The fraction of sp³-hybridized carbons (Fsp3) is 0.474. The average Bonchev–Trinajstić information content (AvgIpc) is 2.51. The summed E-state index contributed by atoms with van der Waals surface area (Å²) in [6, 6.07) is 5.17. The van der Waals surface area contributed by atoms with Crippen LogP contribution >= 0.6 is 0 Å². The zero-order chi connectivity index (χ0) is 17.3. The zero-order valence-corrected chi connectivity index (χ0v) is 14.5. The number of carbonyl (C=O) groups excluding carboxylic acids is 1. The second-order valence-electron chi connectivity index (χ2n) is 6.92. The summed E-state index contributed by atoms with van der Waals surface area (Å²) < 4.78 is 5.24. The summed E-state index contributed by atoms with van der Waals surface area (Å²) in [5.74, 6) is 0.756. The summed E-state index contributed by atoms with van der Waals surface area (Å²) >= 11 is 0. The Morgan fingerprint density at radius 1 is 1.21 bits per heavy atom. The number of likely N-dealkylation sites (tertiary alicyclic amines) is 1. The standard InChI is InChI=1S/C19H24N2O3/c1-12-4-6-21(7-5-12)11-18(22)20-16-10-15-13(2)9-19(23)24-17(15)8-14(16)3/h8-10,12H,4-7,11H2,1-3H3,(H,20,22). The van der Waals surface area contributed by atoms with Crippen LogP contribution in [0.5, 0.6) is 0 Å². The van der Waals surface area contributed by atoms with E-state index < -0.39 is 0 Å². The minimum absolute atomic E-state index is 0.00189. The molecular formula is C19H24N2O3. The molecule has 1 aliphatic heterocycles. The molecule has 0 unspecified atom stereocenters. The Bertz CT molecular complexity index is 817. The van der Waals surface area contributed by atoms with E-state index in [0.29, 0.717) is 12.1 Å². The van der Waals surface area contributed by atoms with E-state index in [2.05, 4.69) is 17.1 Å². The number of aryl methyl sites for hydroxylation is 2. The van der Waals surface area contributed by atoms with Crippen molar-refractivity contribution in [2.75, 3.05) is 25.0 Å². The molecule has 1 aliphatic rings. The summed E-state index contributed by atoms with van der Waals surface area (Å²) in [4.78, 5) is 26.0. The molecule has 1 aromatic heterocycles. The third-order valence-corrected chi connectivity index (χ3v) is 4.81. The van der Waals surface area contributed by atoms with E-state index in [0.717, 1.165) is 54.0 Å². The molecule has 0 bridgehead atoms. The Hall–Kier alpha value is -2.14. The van der Waals surface area contributed by atoms with Crippen LogP contribution in [0.4, 0.5) is 5.69 Å². The number of nitrogens with one attached hydrogen (secondary N) is 1. The summed E-state index contributed by atoms with van der Waals surface area (Å²) in [6.45, 7) is 8.42. The van der Waals surface area contributed by atoms with E-state index >= 15 is 0 Å². The molecule has 1 aromatic carbocycles. The van der Waals surface area contributed by atoms with Crippen molar-refractivity contribution in [2.45, 2.75) is 33.6 Å². The van der Waals surface area contributed by atoms with Gasteiger partial charge in [-0.1, -0.05) is 6.92 Å². The molecule has 2 aromatic rings. The molecular weight excluding hydrogens is 304 g/mol. The number of hydrogen-bond donors (Lipinski definition) is 1. The van der Waals surface area contributed by atoms with Crippen LogP contribution < -0.4 is 10.9 Å². The lowest BCUT2D eigenvalue weighted by atomic mass is 9.99. The first-order valence-corrected chi connectivity index (χ1v) is 8.49. The van der Waals surface area contributed by atoms with Crippen molar-refractivity contribution >= 4 is 22.6 Å². The van der Waals surface area contributed by atoms with Crippen LogP contribution in [-0.2, 0) is 4.79 Å². The molecule has 2 heterocycles. The first-order chi connectivity index (χ1) is 11.4. The molecule has 5 nitrogen and oxygen atoms in total. The van der Waals surface area contributed by atoms with Gasteiger partial charge in [-0.3, -0.25) is 9.69 Å². The van der Waals surface area contributed by atoms with E-state index in [1.165, 1.54) is 6.07 Å². The lowest BCUT2D eigenvalue weighted by Gasteiger charge is -2.29. The lowest BCUT2D eigenvalue weighted by molar-refractivity contribution is -0.117. The Balaban J connectivity index is 1.76. The van der Waals surface area contributed by atoms with E-state index in [4.69, 9.17) is 4.42 Å². The number of nitrogens with zero attached hydrogens (tertiary/aromatic N) is 1. The monoisotopic (exact) mass is 328 g/mol. The second-order valence-corrected chi connectivity index (χ2v) is 6.92. The second kappa shape index (κ2) is 6.77. The summed E-state index contributed by atoms with van der Waals surface area (Å²) in [5.41, 5.74) is 2.71. The number of rotatable bonds is 3. The van der Waals surface area contributed by atoms with Crippen molar-refractivity contribution in [2.24, 2.45) is 5.92 Å². The molecule has 1 fully saturated rings. The van der Waals surface area contributed by atoms with Crippen LogP contribution in [0.3, 0.4) is 0 Å². The molecule has 24 heavy (non-hydrogen) atoms. The number of anilines is 1. The molecule has 0 atom stereocenters. The number of hydrogen-bond acceptors (Lipinski definition) is 4. The Morgan fingerprint density at radius 2 is 1.92 bits per heavy atom. The average molecular weight is 328 g/mol. The molecule has 0 saturated carbocycles. The fourth-order valence-corrected chi connectivity index (χ4v) is 3.21. The molecule has 5 heteroatoms. The maximum absolute atomic E-state index is 12.4. The van der Waals surface area contributed by atoms with Crippen LogP contribution in [-0.4, -0.2) is 30.4 Å². The Labute approximate surface area is 141 Å². The Morgan fingerprint density at radius 3 is 2.62 bits per heavy atom. The smallest absolute Gasteiger partial charge is 0.336 e. The predicted molar refractivity (Wildman–Crippen MR) is 95.4 cm³/mol. The highest BCUT2D eigenvalue weighted by Crippen LogP contribution is 2.25. The van der Waals surface area contributed by atoms with Crippen LogP contribution in [0, 0.1) is 19.8 Å². The van der Waals surface area contributed by atoms with Crippen molar-refractivity contribution in [1.82, 2.24) is 4.90 Å². The van der Waals surface area contributed by atoms with E-state index in [1.54, 1.807) is 0 Å². The van der Waals surface area contributed by atoms with E-state index in [-0.39, 0.29) is 11.5 Å². The van der Waals surface area contributed by atoms with Crippen molar-refractivity contribution < 1.29 is 9.21 Å². The van der Waals surface area contributed by atoms with Gasteiger partial charge in [0, 0.05) is 17.1 Å². The number of piperidine rings is 1. The largest absolute Gasteiger partial charge is 0.423 e. The first kappa shape index (κ1) is 16.7. The summed E-state index contributed by atoms with van der Waals surface area (Å²) in [5, 5.41) is 3.85. The number of carbonyl (C=O) groups is 1. The zero-order valence-electron chi connectivity index (χ0n) is 14.5. The molecule has 3 rings (SSSR count). The van der Waals surface area contributed by atoms with Crippen molar-refractivity contribution in [3.05, 3.63) is 39.7 Å². The normalized spacial score (nSPS) is 16.5. The molecule has 0 radical (unpaired) electrons.